The summed E-state index contributed by atoms with van der Waals surface area (Å²) in [7, 11) is 0. The minimum atomic E-state index is 0.140. The first-order valence-corrected chi connectivity index (χ1v) is 5.86. The number of aliphatic hydroxyl groups is 1. The van der Waals surface area contributed by atoms with E-state index in [1.54, 1.807) is 0 Å². The fourth-order valence-corrected chi connectivity index (χ4v) is 2.00. The normalized spacial score (nSPS) is 13.8. The second-order valence-electron chi connectivity index (χ2n) is 5.33. The van der Waals surface area contributed by atoms with E-state index in [0.717, 1.165) is 0 Å². The van der Waals surface area contributed by atoms with Crippen molar-refractivity contribution in [3.05, 3.63) is 35.4 Å². The Morgan fingerprint density at radius 3 is 2.38 bits per heavy atom. The van der Waals surface area contributed by atoms with E-state index in [1.807, 2.05) is 0 Å². The molecular weight excluding hydrogens is 198 g/mol. The van der Waals surface area contributed by atoms with Gasteiger partial charge in [0.1, 0.15) is 0 Å². The molecule has 0 radical (unpaired) electrons. The smallest absolute Gasteiger partial charge is 0.0556 e. The third kappa shape index (κ3) is 3.32. The van der Waals surface area contributed by atoms with Crippen molar-refractivity contribution in [2.45, 2.75) is 33.7 Å². The first kappa shape index (κ1) is 13.2. The predicted molar refractivity (Wildman–Crippen MR) is 68.5 cm³/mol. The van der Waals surface area contributed by atoms with Crippen LogP contribution in [0.15, 0.2) is 24.3 Å². The predicted octanol–water partition coefficient (Wildman–Crippen LogP) is 2.66. The Bertz CT molecular complexity index is 328. The Morgan fingerprint density at radius 2 is 1.88 bits per heavy atom. The summed E-state index contributed by atoms with van der Waals surface area (Å²) in [5.41, 5.74) is 2.76. The molecule has 0 aromatic heterocycles. The summed E-state index contributed by atoms with van der Waals surface area (Å²) in [6.45, 7) is 9.60. The fourth-order valence-electron chi connectivity index (χ4n) is 2.00. The second-order valence-corrected chi connectivity index (χ2v) is 5.33. The zero-order valence-corrected chi connectivity index (χ0v) is 10.7. The van der Waals surface area contributed by atoms with Crippen molar-refractivity contribution in [2.24, 2.45) is 5.41 Å². The summed E-state index contributed by atoms with van der Waals surface area (Å²) in [5, 5.41) is 12.4. The van der Waals surface area contributed by atoms with Crippen LogP contribution in [0, 0.1) is 12.3 Å². The lowest BCUT2D eigenvalue weighted by atomic mass is 9.81. The molecule has 2 N–H and O–H groups in total. The minimum Gasteiger partial charge on any atom is -0.395 e. The highest BCUT2D eigenvalue weighted by Crippen LogP contribution is 2.33. The number of rotatable bonds is 4. The van der Waals surface area contributed by atoms with Crippen molar-refractivity contribution in [3.8, 4) is 0 Å². The summed E-state index contributed by atoms with van der Waals surface area (Å²) in [6, 6.07) is 8.71. The molecule has 1 aromatic carbocycles. The molecule has 0 heterocycles. The van der Waals surface area contributed by atoms with Crippen LogP contribution in [0.5, 0.6) is 0 Å². The van der Waals surface area contributed by atoms with Gasteiger partial charge in [0.25, 0.3) is 0 Å². The molecular formula is C14H23NO. The van der Waals surface area contributed by atoms with Crippen molar-refractivity contribution in [2.75, 3.05) is 13.2 Å². The van der Waals surface area contributed by atoms with Gasteiger partial charge in [-0.2, -0.15) is 0 Å². The van der Waals surface area contributed by atoms with Crippen molar-refractivity contribution >= 4 is 0 Å². The molecule has 0 saturated heterocycles. The molecule has 0 spiro atoms. The molecule has 0 aliphatic carbocycles. The van der Waals surface area contributed by atoms with E-state index in [1.165, 1.54) is 11.1 Å². The number of aliphatic hydroxyl groups excluding tert-OH is 1. The van der Waals surface area contributed by atoms with E-state index in [9.17, 15) is 0 Å². The first-order chi connectivity index (χ1) is 7.46. The third-order valence-corrected chi connectivity index (χ3v) is 2.83. The highest BCUT2D eigenvalue weighted by Gasteiger charge is 2.26. The zero-order chi connectivity index (χ0) is 12.2. The monoisotopic (exact) mass is 221 g/mol. The molecule has 1 unspecified atom stereocenters. The van der Waals surface area contributed by atoms with Crippen LogP contribution in [-0.4, -0.2) is 18.3 Å². The standard InChI is InChI=1S/C14H23NO/c1-11-7-5-6-8-12(11)13(14(2,3)4)15-9-10-16/h5-8,13,15-16H,9-10H2,1-4H3. The highest BCUT2D eigenvalue weighted by atomic mass is 16.3. The van der Waals surface area contributed by atoms with Gasteiger partial charge >= 0.3 is 0 Å². The van der Waals surface area contributed by atoms with Crippen LogP contribution in [0.4, 0.5) is 0 Å². The minimum absolute atomic E-state index is 0.140. The van der Waals surface area contributed by atoms with Crippen molar-refractivity contribution in [3.63, 3.8) is 0 Å². The Kier molecular flexibility index (Phi) is 4.51. The molecule has 1 rings (SSSR count). The molecule has 1 aromatic rings. The lowest BCUT2D eigenvalue weighted by Gasteiger charge is -2.33. The number of aryl methyl sites for hydroxylation is 1. The fraction of sp³-hybridized carbons (Fsp3) is 0.571. The lowest BCUT2D eigenvalue weighted by Crippen LogP contribution is -2.34. The summed E-state index contributed by atoms with van der Waals surface area (Å²) in [6.07, 6.45) is 0. The van der Waals surface area contributed by atoms with Gasteiger partial charge in [0, 0.05) is 12.6 Å². The van der Waals surface area contributed by atoms with Crippen LogP contribution in [-0.2, 0) is 0 Å². The SMILES string of the molecule is Cc1ccccc1C(NCCO)C(C)(C)C. The number of hydrogen-bond acceptors (Lipinski definition) is 2. The topological polar surface area (TPSA) is 32.3 Å². The number of hydrogen-bond donors (Lipinski definition) is 2. The van der Waals surface area contributed by atoms with Crippen molar-refractivity contribution in [1.82, 2.24) is 5.32 Å². The average Bonchev–Trinajstić information content (AvgIpc) is 2.19. The van der Waals surface area contributed by atoms with Crippen LogP contribution >= 0.6 is 0 Å². The van der Waals surface area contributed by atoms with Gasteiger partial charge in [0.2, 0.25) is 0 Å². The van der Waals surface area contributed by atoms with E-state index in [0.29, 0.717) is 6.54 Å². The second kappa shape index (κ2) is 5.46. The van der Waals surface area contributed by atoms with Gasteiger partial charge in [-0.15, -0.1) is 0 Å². The van der Waals surface area contributed by atoms with Crippen LogP contribution in [0.25, 0.3) is 0 Å². The summed E-state index contributed by atoms with van der Waals surface area (Å²) < 4.78 is 0. The highest BCUT2D eigenvalue weighted by molar-refractivity contribution is 5.29. The van der Waals surface area contributed by atoms with Crippen LogP contribution < -0.4 is 5.32 Å². The van der Waals surface area contributed by atoms with Gasteiger partial charge in [0.15, 0.2) is 0 Å². The molecule has 0 saturated carbocycles. The van der Waals surface area contributed by atoms with E-state index < -0.39 is 0 Å². The molecule has 0 aliphatic rings. The Morgan fingerprint density at radius 1 is 1.25 bits per heavy atom. The van der Waals surface area contributed by atoms with E-state index in [2.05, 4.69) is 57.3 Å². The lowest BCUT2D eigenvalue weighted by molar-refractivity contribution is 0.235. The van der Waals surface area contributed by atoms with Gasteiger partial charge in [-0.3, -0.25) is 0 Å². The Balaban J connectivity index is 2.97. The summed E-state index contributed by atoms with van der Waals surface area (Å²) in [5.74, 6) is 0. The molecule has 0 bridgehead atoms. The van der Waals surface area contributed by atoms with Crippen molar-refractivity contribution in [1.29, 1.82) is 0 Å². The maximum atomic E-state index is 8.93. The Labute approximate surface area is 98.7 Å². The van der Waals surface area contributed by atoms with Crippen LogP contribution in [0.1, 0.15) is 37.9 Å². The summed E-state index contributed by atoms with van der Waals surface area (Å²) in [4.78, 5) is 0. The largest absolute Gasteiger partial charge is 0.395 e. The molecule has 90 valence electrons. The van der Waals surface area contributed by atoms with Gasteiger partial charge in [-0.05, 0) is 23.5 Å². The van der Waals surface area contributed by atoms with Gasteiger partial charge in [-0.25, -0.2) is 0 Å². The maximum Gasteiger partial charge on any atom is 0.0556 e. The average molecular weight is 221 g/mol. The van der Waals surface area contributed by atoms with E-state index >= 15 is 0 Å². The van der Waals surface area contributed by atoms with E-state index in [4.69, 9.17) is 5.11 Å². The van der Waals surface area contributed by atoms with Gasteiger partial charge in [0.05, 0.1) is 6.61 Å². The maximum absolute atomic E-state index is 8.93. The molecule has 0 aliphatic heterocycles. The molecule has 2 nitrogen and oxygen atoms in total. The Hall–Kier alpha value is -0.860. The quantitative estimate of drug-likeness (QED) is 0.819. The van der Waals surface area contributed by atoms with Crippen LogP contribution in [0.3, 0.4) is 0 Å². The van der Waals surface area contributed by atoms with Gasteiger partial charge < -0.3 is 10.4 Å². The summed E-state index contributed by atoms with van der Waals surface area (Å²) >= 11 is 0. The van der Waals surface area contributed by atoms with Crippen molar-refractivity contribution < 1.29 is 5.11 Å². The zero-order valence-electron chi connectivity index (χ0n) is 10.7. The first-order valence-electron chi connectivity index (χ1n) is 5.86. The molecule has 16 heavy (non-hydrogen) atoms. The number of nitrogens with one attached hydrogen (secondary N) is 1. The van der Waals surface area contributed by atoms with E-state index in [-0.39, 0.29) is 18.1 Å². The molecule has 0 fully saturated rings. The molecule has 2 heteroatoms. The molecule has 1 atom stereocenters. The third-order valence-electron chi connectivity index (χ3n) is 2.83. The number of benzene rings is 1. The van der Waals surface area contributed by atoms with Gasteiger partial charge in [-0.1, -0.05) is 45.0 Å². The molecule has 0 amide bonds. The van der Waals surface area contributed by atoms with Crippen LogP contribution in [0.2, 0.25) is 0 Å².